The second-order valence-electron chi connectivity index (χ2n) is 7.91. The van der Waals surface area contributed by atoms with Crippen LogP contribution in [0.1, 0.15) is 41.2 Å². The lowest BCUT2D eigenvalue weighted by Crippen LogP contribution is -2.27. The Kier molecular flexibility index (Phi) is 4.05. The van der Waals surface area contributed by atoms with Gasteiger partial charge in [0.25, 0.3) is 5.91 Å². The van der Waals surface area contributed by atoms with E-state index in [1.807, 2.05) is 31.4 Å². The Bertz CT molecular complexity index is 1050. The van der Waals surface area contributed by atoms with Crippen LogP contribution in [0.3, 0.4) is 0 Å². The summed E-state index contributed by atoms with van der Waals surface area (Å²) in [5.74, 6) is 1.13. The van der Waals surface area contributed by atoms with E-state index in [9.17, 15) is 4.79 Å². The van der Waals surface area contributed by atoms with Crippen molar-refractivity contribution in [2.45, 2.75) is 31.2 Å². The van der Waals surface area contributed by atoms with Crippen LogP contribution in [0.25, 0.3) is 10.9 Å². The number of aromatic nitrogens is 3. The highest BCUT2D eigenvalue weighted by atomic mass is 16.1. The quantitative estimate of drug-likeness (QED) is 0.731. The van der Waals surface area contributed by atoms with E-state index in [2.05, 4.69) is 26.4 Å². The summed E-state index contributed by atoms with van der Waals surface area (Å²) in [7, 11) is 1.91. The molecular weight excluding hydrogens is 352 g/mol. The molecule has 1 atom stereocenters. The molecule has 0 bridgehead atoms. The fraction of sp³-hybridized carbons (Fsp3) is 0.381. The first-order valence-corrected chi connectivity index (χ1v) is 9.83. The summed E-state index contributed by atoms with van der Waals surface area (Å²) in [6.07, 6.45) is 5.24. The molecule has 144 valence electrons. The van der Waals surface area contributed by atoms with E-state index in [0.717, 1.165) is 54.8 Å². The van der Waals surface area contributed by atoms with Gasteiger partial charge in [-0.1, -0.05) is 6.07 Å². The normalized spacial score (nSPS) is 19.4. The van der Waals surface area contributed by atoms with Crippen molar-refractivity contribution < 1.29 is 4.79 Å². The number of rotatable bonds is 4. The third-order valence-corrected chi connectivity index (χ3v) is 5.57. The summed E-state index contributed by atoms with van der Waals surface area (Å²) in [5.41, 5.74) is 9.42. The number of nitrogens with one attached hydrogen (secondary N) is 1. The average molecular weight is 376 g/mol. The number of carbonyl (C=O) groups is 1. The maximum atomic E-state index is 12.9. The Labute approximate surface area is 163 Å². The number of nitrogens with zero attached hydrogens (tertiary/aromatic N) is 4. The van der Waals surface area contributed by atoms with E-state index in [4.69, 9.17) is 5.73 Å². The monoisotopic (exact) mass is 376 g/mol. The van der Waals surface area contributed by atoms with Gasteiger partial charge in [-0.2, -0.15) is 5.10 Å². The van der Waals surface area contributed by atoms with Crippen LogP contribution in [-0.4, -0.2) is 39.8 Å². The number of aryl methyl sites for hydroxylation is 1. The van der Waals surface area contributed by atoms with Crippen LogP contribution in [0.5, 0.6) is 0 Å². The van der Waals surface area contributed by atoms with Crippen LogP contribution in [0.4, 0.5) is 11.5 Å². The molecule has 1 aliphatic carbocycles. The predicted molar refractivity (Wildman–Crippen MR) is 110 cm³/mol. The van der Waals surface area contributed by atoms with Crippen molar-refractivity contribution in [2.75, 3.05) is 23.3 Å². The molecule has 7 heteroatoms. The number of hydrogen-bond acceptors (Lipinski definition) is 5. The van der Waals surface area contributed by atoms with Crippen LogP contribution in [0.2, 0.25) is 0 Å². The smallest absolute Gasteiger partial charge is 0.274 e. The molecule has 1 aromatic carbocycles. The summed E-state index contributed by atoms with van der Waals surface area (Å²) in [5, 5.41) is 8.62. The molecule has 1 amide bonds. The van der Waals surface area contributed by atoms with Gasteiger partial charge in [0.05, 0.1) is 5.52 Å². The highest BCUT2D eigenvalue weighted by molar-refractivity contribution is 6.04. The Balaban J connectivity index is 1.43. The minimum Gasteiger partial charge on any atom is -0.355 e. The molecule has 0 radical (unpaired) electrons. The lowest BCUT2D eigenvalue weighted by Gasteiger charge is -2.17. The fourth-order valence-corrected chi connectivity index (χ4v) is 3.96. The second-order valence-corrected chi connectivity index (χ2v) is 7.91. The van der Waals surface area contributed by atoms with Crippen molar-refractivity contribution in [3.8, 4) is 0 Å². The number of pyridine rings is 1. The topological polar surface area (TPSA) is 89.1 Å². The predicted octanol–water partition coefficient (Wildman–Crippen LogP) is 2.64. The van der Waals surface area contributed by atoms with Gasteiger partial charge in [-0.3, -0.25) is 9.48 Å². The molecule has 3 heterocycles. The van der Waals surface area contributed by atoms with E-state index >= 15 is 0 Å². The molecule has 7 nitrogen and oxygen atoms in total. The van der Waals surface area contributed by atoms with Crippen molar-refractivity contribution in [1.29, 1.82) is 0 Å². The Hall–Kier alpha value is -2.93. The summed E-state index contributed by atoms with van der Waals surface area (Å²) in [6, 6.07) is 9.88. The minimum atomic E-state index is -0.185. The molecule has 5 rings (SSSR count). The van der Waals surface area contributed by atoms with E-state index in [0.29, 0.717) is 11.6 Å². The molecule has 3 aromatic rings. The van der Waals surface area contributed by atoms with E-state index in [1.54, 1.807) is 10.7 Å². The van der Waals surface area contributed by atoms with E-state index in [-0.39, 0.29) is 11.9 Å². The van der Waals surface area contributed by atoms with Crippen LogP contribution >= 0.6 is 0 Å². The van der Waals surface area contributed by atoms with Crippen molar-refractivity contribution in [3.63, 3.8) is 0 Å². The molecule has 3 N–H and O–H groups in total. The maximum Gasteiger partial charge on any atom is 0.274 e. The molecule has 1 aliphatic heterocycles. The lowest BCUT2D eigenvalue weighted by atomic mass is 10.1. The number of benzene rings is 1. The van der Waals surface area contributed by atoms with Crippen molar-refractivity contribution in [1.82, 2.24) is 14.8 Å². The fourth-order valence-electron chi connectivity index (χ4n) is 3.96. The zero-order valence-electron chi connectivity index (χ0n) is 15.9. The van der Waals surface area contributed by atoms with Crippen molar-refractivity contribution in [3.05, 3.63) is 47.8 Å². The number of carbonyl (C=O) groups excluding carboxylic acids is 1. The summed E-state index contributed by atoms with van der Waals surface area (Å²) in [6.45, 7) is 1.66. The van der Waals surface area contributed by atoms with Gasteiger partial charge in [0.1, 0.15) is 11.5 Å². The maximum absolute atomic E-state index is 12.9. The third-order valence-electron chi connectivity index (χ3n) is 5.57. The van der Waals surface area contributed by atoms with Gasteiger partial charge >= 0.3 is 0 Å². The first-order chi connectivity index (χ1) is 13.6. The van der Waals surface area contributed by atoms with Crippen molar-refractivity contribution in [2.24, 2.45) is 12.8 Å². The van der Waals surface area contributed by atoms with Gasteiger partial charge in [-0.15, -0.1) is 0 Å². The highest BCUT2D eigenvalue weighted by Gasteiger charge is 2.28. The van der Waals surface area contributed by atoms with E-state index in [1.165, 1.54) is 5.56 Å². The minimum absolute atomic E-state index is 0.173. The number of amides is 1. The molecule has 2 aromatic heterocycles. The molecule has 2 fully saturated rings. The Morgan fingerprint density at radius 2 is 2.11 bits per heavy atom. The second kappa shape index (κ2) is 6.60. The van der Waals surface area contributed by atoms with Crippen LogP contribution in [-0.2, 0) is 7.05 Å². The zero-order valence-corrected chi connectivity index (χ0v) is 15.9. The molecule has 28 heavy (non-hydrogen) atoms. The average Bonchev–Trinajstić information content (AvgIpc) is 3.33. The molecular formula is C21H24N6O. The summed E-state index contributed by atoms with van der Waals surface area (Å²) in [4.78, 5) is 19.7. The zero-order chi connectivity index (χ0) is 19.3. The number of hydrogen-bond donors (Lipinski definition) is 2. The van der Waals surface area contributed by atoms with Gasteiger partial charge in [0.15, 0.2) is 0 Å². The first-order valence-electron chi connectivity index (χ1n) is 9.83. The summed E-state index contributed by atoms with van der Waals surface area (Å²) >= 11 is 0. The molecule has 2 aliphatic rings. The van der Waals surface area contributed by atoms with Gasteiger partial charge in [-0.05, 0) is 55.0 Å². The molecule has 1 saturated carbocycles. The Morgan fingerprint density at radius 1 is 1.25 bits per heavy atom. The van der Waals surface area contributed by atoms with Crippen LogP contribution in [0, 0.1) is 0 Å². The van der Waals surface area contributed by atoms with Gasteiger partial charge in [0, 0.05) is 43.4 Å². The SMILES string of the molecule is Cn1cc2cc(NC(=O)c3cccc(N4CCC(N)C4)n3)c(C3CC3)cc2n1. The largest absolute Gasteiger partial charge is 0.355 e. The molecule has 0 spiro atoms. The van der Waals surface area contributed by atoms with Crippen molar-refractivity contribution >= 4 is 28.3 Å². The first kappa shape index (κ1) is 17.2. The molecule has 1 unspecified atom stereocenters. The number of fused-ring (bicyclic) bond motifs is 1. The third kappa shape index (κ3) is 3.22. The lowest BCUT2D eigenvalue weighted by molar-refractivity contribution is 0.102. The van der Waals surface area contributed by atoms with Crippen LogP contribution < -0.4 is 16.0 Å². The van der Waals surface area contributed by atoms with Gasteiger partial charge in [0.2, 0.25) is 0 Å². The Morgan fingerprint density at radius 3 is 2.86 bits per heavy atom. The standard InChI is InChI=1S/C21H24N6O/c1-26-11-14-9-19(16(13-5-6-13)10-18(14)25-26)24-21(28)17-3-2-4-20(23-17)27-8-7-15(22)12-27/h2-4,9-11,13,15H,5-8,12,22H2,1H3,(H,24,28). The van der Waals surface area contributed by atoms with Crippen LogP contribution in [0.15, 0.2) is 36.5 Å². The number of nitrogens with two attached hydrogens (primary N) is 1. The molecule has 1 saturated heterocycles. The van der Waals surface area contributed by atoms with E-state index < -0.39 is 0 Å². The highest BCUT2D eigenvalue weighted by Crippen LogP contribution is 2.44. The van der Waals surface area contributed by atoms with Gasteiger partial charge in [-0.25, -0.2) is 4.98 Å². The number of anilines is 2. The summed E-state index contributed by atoms with van der Waals surface area (Å²) < 4.78 is 1.80. The van der Waals surface area contributed by atoms with Gasteiger partial charge < -0.3 is 16.0 Å².